The molecule has 2 aliphatic carbocycles. The van der Waals surface area contributed by atoms with Gasteiger partial charge in [-0.15, -0.1) is 0 Å². The van der Waals surface area contributed by atoms with Gasteiger partial charge < -0.3 is 19.2 Å². The van der Waals surface area contributed by atoms with Gasteiger partial charge in [-0.25, -0.2) is 4.79 Å². The number of carbonyl (C=O) groups excluding carboxylic acids is 1. The highest BCUT2D eigenvalue weighted by atomic mass is 16.5. The third-order valence-electron chi connectivity index (χ3n) is 7.92. The molecule has 1 N–H and O–H groups in total. The average Bonchev–Trinajstić information content (AvgIpc) is 2.81. The minimum atomic E-state index is -0.597. The van der Waals surface area contributed by atoms with Crippen LogP contribution in [0.5, 0.6) is 5.75 Å². The van der Waals surface area contributed by atoms with Gasteiger partial charge in [-0.1, -0.05) is 19.8 Å². The molecule has 32 heavy (non-hydrogen) atoms. The number of benzene rings is 1. The van der Waals surface area contributed by atoms with Crippen molar-refractivity contribution >= 4 is 16.9 Å². The maximum atomic E-state index is 12.9. The number of carbonyl (C=O) groups is 1. The number of hydrogen-bond donors (Lipinski definition) is 1. The molecule has 2 fully saturated rings. The highest BCUT2D eigenvalue weighted by Crippen LogP contribution is 2.40. The summed E-state index contributed by atoms with van der Waals surface area (Å²) >= 11 is 0. The van der Waals surface area contributed by atoms with E-state index < -0.39 is 5.60 Å². The second-order valence-electron chi connectivity index (χ2n) is 9.79. The Kier molecular flexibility index (Phi) is 5.74. The molecule has 1 amide bonds. The predicted octanol–water partition coefficient (Wildman–Crippen LogP) is 3.77. The molecule has 172 valence electrons. The summed E-state index contributed by atoms with van der Waals surface area (Å²) < 4.78 is 11.6. The van der Waals surface area contributed by atoms with E-state index in [1.54, 1.807) is 6.07 Å². The molecule has 2 heterocycles. The van der Waals surface area contributed by atoms with Crippen LogP contribution in [0.1, 0.15) is 68.6 Å². The molecule has 2 atom stereocenters. The number of nitrogens with zero attached hydrogens (tertiary/aromatic N) is 1. The summed E-state index contributed by atoms with van der Waals surface area (Å²) in [4.78, 5) is 27.2. The van der Waals surface area contributed by atoms with E-state index >= 15 is 0 Å². The van der Waals surface area contributed by atoms with Crippen LogP contribution in [0.15, 0.2) is 21.3 Å². The molecule has 1 aliphatic heterocycles. The third-order valence-corrected chi connectivity index (χ3v) is 7.92. The van der Waals surface area contributed by atoms with Gasteiger partial charge in [-0.05, 0) is 68.6 Å². The smallest absolute Gasteiger partial charge is 0.339 e. The van der Waals surface area contributed by atoms with E-state index in [1.165, 1.54) is 0 Å². The molecular weight excluding hydrogens is 406 g/mol. The second-order valence-corrected chi connectivity index (χ2v) is 9.79. The zero-order valence-corrected chi connectivity index (χ0v) is 19.0. The molecule has 3 aliphatic rings. The van der Waals surface area contributed by atoms with Crippen LogP contribution in [0.3, 0.4) is 0 Å². The number of piperidine rings is 1. The zero-order chi connectivity index (χ0) is 22.3. The SMILES string of the molecule is CCc1cc2c3c(c(=O)oc2cc1OCC(=O)N1CC[C@]2(O)CCCC[C@H]2C1)CCCC3. The van der Waals surface area contributed by atoms with Crippen molar-refractivity contribution in [3.8, 4) is 5.75 Å². The highest BCUT2D eigenvalue weighted by Gasteiger charge is 2.43. The van der Waals surface area contributed by atoms with Crippen LogP contribution in [0.2, 0.25) is 0 Å². The summed E-state index contributed by atoms with van der Waals surface area (Å²) in [7, 11) is 0. The summed E-state index contributed by atoms with van der Waals surface area (Å²) in [5, 5.41) is 11.9. The Hall–Kier alpha value is -2.34. The lowest BCUT2D eigenvalue weighted by Gasteiger charge is -2.47. The first-order valence-corrected chi connectivity index (χ1v) is 12.2. The number of hydrogen-bond acceptors (Lipinski definition) is 5. The molecule has 6 nitrogen and oxygen atoms in total. The van der Waals surface area contributed by atoms with Gasteiger partial charge in [0, 0.05) is 36.0 Å². The van der Waals surface area contributed by atoms with Gasteiger partial charge in [0.2, 0.25) is 0 Å². The zero-order valence-electron chi connectivity index (χ0n) is 19.0. The van der Waals surface area contributed by atoms with Crippen molar-refractivity contribution in [1.29, 1.82) is 0 Å². The molecule has 0 spiro atoms. The van der Waals surface area contributed by atoms with Gasteiger partial charge in [0.05, 0.1) is 5.60 Å². The molecule has 6 heteroatoms. The normalized spacial score (nSPS) is 25.3. The van der Waals surface area contributed by atoms with Crippen molar-refractivity contribution < 1.29 is 19.1 Å². The Morgan fingerprint density at radius 1 is 1.19 bits per heavy atom. The summed E-state index contributed by atoms with van der Waals surface area (Å²) in [6.07, 6.45) is 9.25. The molecular formula is C26H33NO5. The lowest BCUT2D eigenvalue weighted by atomic mass is 9.71. The molecule has 1 saturated carbocycles. The molecule has 0 bridgehead atoms. The van der Waals surface area contributed by atoms with E-state index in [1.807, 2.05) is 4.90 Å². The topological polar surface area (TPSA) is 80.0 Å². The standard InChI is InChI=1S/C26H33NO5/c1-2-17-13-21-19-8-3-4-9-20(19)25(29)32-23(21)14-22(17)31-16-24(28)27-12-11-26(30)10-6-5-7-18(26)15-27/h13-14,18,30H,2-12,15-16H2,1H3/t18-,26+/m0/s1. The fourth-order valence-electron chi connectivity index (χ4n) is 5.95. The number of aliphatic hydroxyl groups is 1. The minimum absolute atomic E-state index is 0.0428. The van der Waals surface area contributed by atoms with Crippen molar-refractivity contribution in [3.63, 3.8) is 0 Å². The highest BCUT2D eigenvalue weighted by molar-refractivity contribution is 5.84. The van der Waals surface area contributed by atoms with Crippen molar-refractivity contribution in [1.82, 2.24) is 4.90 Å². The number of rotatable bonds is 4. The first kappa shape index (κ1) is 21.5. The summed E-state index contributed by atoms with van der Waals surface area (Å²) in [6.45, 7) is 3.21. The predicted molar refractivity (Wildman–Crippen MR) is 122 cm³/mol. The number of fused-ring (bicyclic) bond motifs is 4. The van der Waals surface area contributed by atoms with Crippen molar-refractivity contribution in [2.45, 2.75) is 76.7 Å². The molecule has 0 radical (unpaired) electrons. The number of ether oxygens (including phenoxy) is 1. The first-order chi connectivity index (χ1) is 15.5. The fourth-order valence-corrected chi connectivity index (χ4v) is 5.95. The van der Waals surface area contributed by atoms with Gasteiger partial charge in [-0.3, -0.25) is 4.79 Å². The summed E-state index contributed by atoms with van der Waals surface area (Å²) in [6, 6.07) is 3.86. The van der Waals surface area contributed by atoms with Crippen LogP contribution >= 0.6 is 0 Å². The van der Waals surface area contributed by atoms with Gasteiger partial charge in [0.25, 0.3) is 5.91 Å². The monoisotopic (exact) mass is 439 g/mol. The summed E-state index contributed by atoms with van der Waals surface area (Å²) in [5.41, 5.74) is 2.66. The molecule has 1 aromatic carbocycles. The van der Waals surface area contributed by atoms with Crippen molar-refractivity contribution in [2.24, 2.45) is 5.92 Å². The van der Waals surface area contributed by atoms with E-state index in [0.717, 1.165) is 79.9 Å². The number of aryl methyl sites for hydroxylation is 2. The lowest BCUT2D eigenvalue weighted by molar-refractivity contribution is -0.145. The average molecular weight is 440 g/mol. The van der Waals surface area contributed by atoms with Crippen LogP contribution in [0, 0.1) is 5.92 Å². The number of amides is 1. The molecule has 1 aromatic heterocycles. The van der Waals surface area contributed by atoms with E-state index in [-0.39, 0.29) is 24.1 Å². The minimum Gasteiger partial charge on any atom is -0.483 e. The number of likely N-dealkylation sites (tertiary alicyclic amines) is 1. The van der Waals surface area contributed by atoms with Crippen LogP contribution in [-0.4, -0.2) is 41.2 Å². The Morgan fingerprint density at radius 2 is 2.00 bits per heavy atom. The maximum Gasteiger partial charge on any atom is 0.339 e. The van der Waals surface area contributed by atoms with Crippen molar-refractivity contribution in [2.75, 3.05) is 19.7 Å². The lowest BCUT2D eigenvalue weighted by Crippen LogP contribution is -2.55. The molecule has 2 aromatic rings. The van der Waals surface area contributed by atoms with Gasteiger partial charge in [-0.2, -0.15) is 0 Å². The van der Waals surface area contributed by atoms with Gasteiger partial charge >= 0.3 is 5.63 Å². The first-order valence-electron chi connectivity index (χ1n) is 12.2. The Balaban J connectivity index is 1.34. The van der Waals surface area contributed by atoms with Gasteiger partial charge in [0.1, 0.15) is 11.3 Å². The van der Waals surface area contributed by atoms with Crippen molar-refractivity contribution in [3.05, 3.63) is 39.2 Å². The molecule has 0 unspecified atom stereocenters. The van der Waals surface area contributed by atoms with Gasteiger partial charge in [0.15, 0.2) is 6.61 Å². The van der Waals surface area contributed by atoms with Crippen LogP contribution < -0.4 is 10.4 Å². The van der Waals surface area contributed by atoms with E-state index in [9.17, 15) is 14.7 Å². The Morgan fingerprint density at radius 3 is 2.81 bits per heavy atom. The maximum absolute atomic E-state index is 12.9. The van der Waals surface area contributed by atoms with E-state index in [2.05, 4.69) is 13.0 Å². The van der Waals surface area contributed by atoms with Crippen LogP contribution in [-0.2, 0) is 24.1 Å². The van der Waals surface area contributed by atoms with E-state index in [0.29, 0.717) is 30.8 Å². The Labute approximate surface area is 188 Å². The third kappa shape index (κ3) is 3.83. The second kappa shape index (κ2) is 8.54. The van der Waals surface area contributed by atoms with Crippen LogP contribution in [0.25, 0.3) is 11.0 Å². The van der Waals surface area contributed by atoms with Crippen LogP contribution in [0.4, 0.5) is 0 Å². The fraction of sp³-hybridized carbons (Fsp3) is 0.615. The largest absolute Gasteiger partial charge is 0.483 e. The summed E-state index contributed by atoms with van der Waals surface area (Å²) in [5.74, 6) is 0.728. The Bertz CT molecular complexity index is 1090. The molecule has 5 rings (SSSR count). The molecule has 1 saturated heterocycles. The van der Waals surface area contributed by atoms with E-state index in [4.69, 9.17) is 9.15 Å². The quantitative estimate of drug-likeness (QED) is 0.734.